The molecule has 0 radical (unpaired) electrons. The van der Waals surface area contributed by atoms with Crippen LogP contribution in [0.25, 0.3) is 5.57 Å². The first-order valence-electron chi connectivity index (χ1n) is 9.07. The summed E-state index contributed by atoms with van der Waals surface area (Å²) in [6.07, 6.45) is 1.50. The molecule has 0 bridgehead atoms. The van der Waals surface area contributed by atoms with Gasteiger partial charge in [0.2, 0.25) is 0 Å². The van der Waals surface area contributed by atoms with E-state index in [1.54, 1.807) is 20.8 Å². The largest absolute Gasteiger partial charge is 0.386 e. The lowest BCUT2D eigenvalue weighted by molar-refractivity contribution is 0.0786. The normalized spacial score (nSPS) is 16.6. The molecule has 0 saturated heterocycles. The van der Waals surface area contributed by atoms with Crippen LogP contribution in [-0.2, 0) is 5.60 Å². The molecule has 146 valence electrons. The minimum atomic E-state index is -0.868. The van der Waals surface area contributed by atoms with E-state index in [0.717, 1.165) is 21.6 Å². The van der Waals surface area contributed by atoms with Gasteiger partial charge in [0.25, 0.3) is 0 Å². The van der Waals surface area contributed by atoms with Crippen LogP contribution in [-0.4, -0.2) is 25.8 Å². The molecule has 1 unspecified atom stereocenters. The summed E-state index contributed by atoms with van der Waals surface area (Å²) < 4.78 is 0. The zero-order valence-corrected chi connectivity index (χ0v) is 17.5. The first-order valence-corrected chi connectivity index (χ1v) is 9.89. The summed E-state index contributed by atoms with van der Waals surface area (Å²) >= 11 is 1.32. The van der Waals surface area contributed by atoms with Gasteiger partial charge in [-0.05, 0) is 51.3 Å². The van der Waals surface area contributed by atoms with Gasteiger partial charge in [-0.2, -0.15) is 0 Å². The summed E-state index contributed by atoms with van der Waals surface area (Å²) in [5.74, 6) is 0.684. The third-order valence-electron chi connectivity index (χ3n) is 4.88. The number of hydrogen-bond acceptors (Lipinski definition) is 7. The second kappa shape index (κ2) is 7.48. The summed E-state index contributed by atoms with van der Waals surface area (Å²) in [6, 6.07) is 7.84. The Morgan fingerprint density at radius 3 is 2.39 bits per heavy atom. The zero-order valence-electron chi connectivity index (χ0n) is 16.7. The Bertz CT molecular complexity index is 973. The highest BCUT2D eigenvalue weighted by atomic mass is 32.2. The van der Waals surface area contributed by atoms with Crippen molar-refractivity contribution in [2.75, 3.05) is 5.32 Å². The Balaban J connectivity index is 1.90. The lowest BCUT2D eigenvalue weighted by Gasteiger charge is -2.20. The van der Waals surface area contributed by atoms with Crippen LogP contribution in [0.4, 0.5) is 5.82 Å². The lowest BCUT2D eigenvalue weighted by atomic mass is 9.96. The maximum absolute atomic E-state index is 10.1. The first-order chi connectivity index (χ1) is 13.1. The number of aliphatic hydroxyl groups is 1. The average Bonchev–Trinajstić information content (AvgIpc) is 2.97. The summed E-state index contributed by atoms with van der Waals surface area (Å²) in [6.45, 7) is 9.15. The van der Waals surface area contributed by atoms with Crippen LogP contribution in [0.15, 0.2) is 41.1 Å². The van der Waals surface area contributed by atoms with E-state index in [9.17, 15) is 5.11 Å². The standard InChI is InChI=1S/C21H25N5OS/c1-11(12(2)22)16-17-18(28-19(16)23)20(25-10-24-17)26-13(3)14-6-8-15(9-7-14)21(4,5)27/h6-10,13,22-23,27H,1-5H3,(H,24,25,26)/b16-11-,22-12?,23-19?. The molecule has 1 aliphatic heterocycles. The molecule has 0 saturated carbocycles. The maximum Gasteiger partial charge on any atom is 0.144 e. The summed E-state index contributed by atoms with van der Waals surface area (Å²) in [4.78, 5) is 9.59. The smallest absolute Gasteiger partial charge is 0.144 e. The molecule has 7 heteroatoms. The second-order valence-electron chi connectivity index (χ2n) is 7.50. The van der Waals surface area contributed by atoms with Crippen molar-refractivity contribution in [3.05, 3.63) is 53.0 Å². The third-order valence-corrected chi connectivity index (χ3v) is 5.88. The van der Waals surface area contributed by atoms with Crippen LogP contribution in [0.3, 0.4) is 0 Å². The minimum absolute atomic E-state index is 0.0109. The van der Waals surface area contributed by atoms with E-state index >= 15 is 0 Å². The Morgan fingerprint density at radius 1 is 1.18 bits per heavy atom. The monoisotopic (exact) mass is 395 g/mol. The molecule has 1 aliphatic rings. The fraction of sp³-hybridized carbons (Fsp3) is 0.333. The van der Waals surface area contributed by atoms with E-state index in [1.165, 1.54) is 18.1 Å². The van der Waals surface area contributed by atoms with Gasteiger partial charge in [0.1, 0.15) is 17.2 Å². The number of benzene rings is 1. The highest BCUT2D eigenvalue weighted by molar-refractivity contribution is 8.15. The Hall–Kier alpha value is -2.51. The highest BCUT2D eigenvalue weighted by Crippen LogP contribution is 2.44. The van der Waals surface area contributed by atoms with Gasteiger partial charge in [-0.3, -0.25) is 5.41 Å². The molecule has 0 spiro atoms. The Labute approximate surface area is 169 Å². The molecule has 4 N–H and O–H groups in total. The van der Waals surface area contributed by atoms with Crippen molar-refractivity contribution in [1.82, 2.24) is 9.97 Å². The Morgan fingerprint density at radius 2 is 1.82 bits per heavy atom. The number of nitrogens with zero attached hydrogens (tertiary/aromatic N) is 2. The fourth-order valence-corrected chi connectivity index (χ4v) is 4.03. The molecule has 3 rings (SSSR count). The molecule has 1 aromatic heterocycles. The summed E-state index contributed by atoms with van der Waals surface area (Å²) in [5, 5.41) is 30.2. The van der Waals surface area contributed by atoms with Crippen LogP contribution in [0.1, 0.15) is 57.5 Å². The molecule has 1 aromatic carbocycles. The first kappa shape index (κ1) is 20.2. The van der Waals surface area contributed by atoms with Gasteiger partial charge in [-0.25, -0.2) is 9.97 Å². The van der Waals surface area contributed by atoms with Crippen LogP contribution >= 0.6 is 11.8 Å². The number of thioether (sulfide) groups is 1. The molecule has 2 heterocycles. The van der Waals surface area contributed by atoms with Crippen LogP contribution in [0.5, 0.6) is 0 Å². The van der Waals surface area contributed by atoms with Crippen LogP contribution in [0, 0.1) is 10.8 Å². The topological polar surface area (TPSA) is 106 Å². The van der Waals surface area contributed by atoms with E-state index in [2.05, 4.69) is 15.3 Å². The van der Waals surface area contributed by atoms with E-state index in [-0.39, 0.29) is 6.04 Å². The number of anilines is 1. The van der Waals surface area contributed by atoms with E-state index < -0.39 is 5.60 Å². The van der Waals surface area contributed by atoms with Gasteiger partial charge < -0.3 is 15.8 Å². The van der Waals surface area contributed by atoms with Gasteiger partial charge >= 0.3 is 0 Å². The van der Waals surface area contributed by atoms with Gasteiger partial charge in [-0.1, -0.05) is 36.0 Å². The fourth-order valence-electron chi connectivity index (χ4n) is 3.02. The molecular formula is C21H25N5OS. The van der Waals surface area contributed by atoms with Crippen LogP contribution < -0.4 is 5.32 Å². The van der Waals surface area contributed by atoms with Crippen molar-refractivity contribution >= 4 is 33.9 Å². The molecule has 0 aliphatic carbocycles. The predicted octanol–water partition coefficient (Wildman–Crippen LogP) is 4.77. The second-order valence-corrected chi connectivity index (χ2v) is 8.52. The highest BCUT2D eigenvalue weighted by Gasteiger charge is 2.30. The number of fused-ring (bicyclic) bond motifs is 1. The SMILES string of the molecule is CC(=N)/C(C)=C1\C(=N)Sc2c(NC(C)c3ccc(C(C)(C)O)cc3)ncnc21. The van der Waals surface area contributed by atoms with Crippen molar-refractivity contribution in [3.8, 4) is 0 Å². The number of nitrogens with one attached hydrogen (secondary N) is 3. The van der Waals surface area contributed by atoms with E-state index in [4.69, 9.17) is 10.8 Å². The lowest BCUT2D eigenvalue weighted by Crippen LogP contribution is -2.16. The van der Waals surface area contributed by atoms with Gasteiger partial charge in [-0.15, -0.1) is 0 Å². The molecule has 6 nitrogen and oxygen atoms in total. The van der Waals surface area contributed by atoms with E-state index in [0.29, 0.717) is 27.8 Å². The quantitative estimate of drug-likeness (QED) is 0.546. The molecule has 28 heavy (non-hydrogen) atoms. The van der Waals surface area contributed by atoms with Crippen molar-refractivity contribution in [3.63, 3.8) is 0 Å². The molecular weight excluding hydrogens is 370 g/mol. The summed E-state index contributed by atoms with van der Waals surface area (Å²) in [7, 11) is 0. The Kier molecular flexibility index (Phi) is 5.41. The maximum atomic E-state index is 10.1. The van der Waals surface area contributed by atoms with Gasteiger partial charge in [0.15, 0.2) is 0 Å². The molecule has 0 fully saturated rings. The minimum Gasteiger partial charge on any atom is -0.386 e. The number of allylic oxidation sites excluding steroid dienone is 1. The average molecular weight is 396 g/mol. The number of rotatable bonds is 5. The number of aromatic nitrogens is 2. The molecule has 2 aromatic rings. The third kappa shape index (κ3) is 3.86. The molecule has 1 atom stereocenters. The van der Waals surface area contributed by atoms with Crippen molar-refractivity contribution in [1.29, 1.82) is 10.8 Å². The van der Waals surface area contributed by atoms with E-state index in [1.807, 2.05) is 38.1 Å². The van der Waals surface area contributed by atoms with Crippen molar-refractivity contribution in [2.45, 2.75) is 51.2 Å². The molecule has 0 amide bonds. The van der Waals surface area contributed by atoms with Crippen molar-refractivity contribution < 1.29 is 5.11 Å². The van der Waals surface area contributed by atoms with Crippen LogP contribution in [0.2, 0.25) is 0 Å². The van der Waals surface area contributed by atoms with Gasteiger partial charge in [0, 0.05) is 17.3 Å². The zero-order chi connectivity index (χ0) is 20.6. The van der Waals surface area contributed by atoms with Gasteiger partial charge in [0.05, 0.1) is 16.2 Å². The summed E-state index contributed by atoms with van der Waals surface area (Å²) in [5.41, 5.74) is 3.68. The number of hydrogen-bond donors (Lipinski definition) is 4. The van der Waals surface area contributed by atoms with Crippen molar-refractivity contribution in [2.24, 2.45) is 0 Å². The predicted molar refractivity (Wildman–Crippen MR) is 115 cm³/mol.